The Kier molecular flexibility index (Phi) is 6.56. The lowest BCUT2D eigenvalue weighted by Gasteiger charge is -2.28. The first-order chi connectivity index (χ1) is 15.9. The number of halogens is 2. The summed E-state index contributed by atoms with van der Waals surface area (Å²) >= 11 is 0. The van der Waals surface area contributed by atoms with Gasteiger partial charge in [0.1, 0.15) is 24.5 Å². The largest absolute Gasteiger partial charge is 0.471 e. The first-order valence-electron chi connectivity index (χ1n) is 10.1. The van der Waals surface area contributed by atoms with Gasteiger partial charge in [0.2, 0.25) is 0 Å². The number of carbonyl (C=O) groups excluding carboxylic acids is 2. The van der Waals surface area contributed by atoms with Gasteiger partial charge in [0.25, 0.3) is 11.8 Å². The standard InChI is InChI=1S/C21H21F2N3O7/c22-15-7-13(26-9-14(33-21(26)30)11-31-18-3-6-32-24-18)8-16(23)19(15)12-1-4-25(5-2-12)20(29)17(28)10-27/h1,3,6-8,14,17,27-28H,2,4-5,9-11H2/t14-,17?/m1/s1. The number of aliphatic hydroxyl groups is 2. The molecule has 10 nitrogen and oxygen atoms in total. The molecular weight excluding hydrogens is 444 g/mol. The van der Waals surface area contributed by atoms with Crippen LogP contribution >= 0.6 is 0 Å². The van der Waals surface area contributed by atoms with Gasteiger partial charge in [0.15, 0.2) is 12.2 Å². The van der Waals surface area contributed by atoms with Gasteiger partial charge in [-0.25, -0.2) is 13.6 Å². The van der Waals surface area contributed by atoms with Crippen LogP contribution in [0.5, 0.6) is 5.88 Å². The third-order valence-electron chi connectivity index (χ3n) is 5.34. The lowest BCUT2D eigenvalue weighted by atomic mass is 9.97. The second-order valence-corrected chi connectivity index (χ2v) is 7.51. The fourth-order valence-corrected chi connectivity index (χ4v) is 3.68. The van der Waals surface area contributed by atoms with Gasteiger partial charge in [-0.2, -0.15) is 0 Å². The number of nitrogens with zero attached hydrogens (tertiary/aromatic N) is 3. The molecule has 0 aliphatic carbocycles. The van der Waals surface area contributed by atoms with Crippen molar-refractivity contribution in [2.24, 2.45) is 0 Å². The van der Waals surface area contributed by atoms with Crippen LogP contribution in [0.15, 0.2) is 35.1 Å². The molecule has 2 N–H and O–H groups in total. The molecule has 0 saturated carbocycles. The maximum absolute atomic E-state index is 14.9. The van der Waals surface area contributed by atoms with Crippen molar-refractivity contribution in [3.63, 3.8) is 0 Å². The Labute approximate surface area is 186 Å². The Bertz CT molecular complexity index is 1040. The van der Waals surface area contributed by atoms with Crippen LogP contribution in [-0.4, -0.2) is 77.3 Å². The van der Waals surface area contributed by atoms with Gasteiger partial charge < -0.3 is 29.1 Å². The van der Waals surface area contributed by atoms with Crippen molar-refractivity contribution in [3.05, 3.63) is 47.7 Å². The highest BCUT2D eigenvalue weighted by molar-refractivity contribution is 5.90. The van der Waals surface area contributed by atoms with E-state index in [1.807, 2.05) is 0 Å². The van der Waals surface area contributed by atoms with E-state index < -0.39 is 42.4 Å². The minimum absolute atomic E-state index is 0.00182. The summed E-state index contributed by atoms with van der Waals surface area (Å²) in [5.41, 5.74) is 0.121. The van der Waals surface area contributed by atoms with E-state index in [9.17, 15) is 23.5 Å². The number of carbonyl (C=O) groups is 2. The molecule has 2 aliphatic rings. The summed E-state index contributed by atoms with van der Waals surface area (Å²) in [5, 5.41) is 21.9. The zero-order chi connectivity index (χ0) is 23.5. The van der Waals surface area contributed by atoms with Crippen molar-refractivity contribution >= 4 is 23.3 Å². The second-order valence-electron chi connectivity index (χ2n) is 7.51. The first kappa shape index (κ1) is 22.7. The predicted molar refractivity (Wildman–Crippen MR) is 108 cm³/mol. The Morgan fingerprint density at radius 1 is 1.33 bits per heavy atom. The monoisotopic (exact) mass is 465 g/mol. The normalized spacial score (nSPS) is 19.3. The maximum Gasteiger partial charge on any atom is 0.414 e. The van der Waals surface area contributed by atoms with Crippen LogP contribution < -0.4 is 9.64 Å². The number of anilines is 1. The molecular formula is C21H21F2N3O7. The number of rotatable bonds is 7. The molecule has 1 aromatic heterocycles. The molecule has 2 amide bonds. The van der Waals surface area contributed by atoms with Crippen molar-refractivity contribution < 1.29 is 42.6 Å². The lowest BCUT2D eigenvalue weighted by Crippen LogP contribution is -2.42. The molecule has 1 aromatic carbocycles. The van der Waals surface area contributed by atoms with Crippen LogP contribution in [0, 0.1) is 11.6 Å². The highest BCUT2D eigenvalue weighted by Crippen LogP contribution is 2.32. The van der Waals surface area contributed by atoms with Gasteiger partial charge in [-0.1, -0.05) is 6.08 Å². The van der Waals surface area contributed by atoms with E-state index in [2.05, 4.69) is 9.68 Å². The van der Waals surface area contributed by atoms with Crippen LogP contribution in [0.4, 0.5) is 19.3 Å². The molecule has 0 spiro atoms. The molecule has 3 heterocycles. The summed E-state index contributed by atoms with van der Waals surface area (Å²) < 4.78 is 44.9. The Morgan fingerprint density at radius 3 is 2.70 bits per heavy atom. The molecule has 2 atom stereocenters. The van der Waals surface area contributed by atoms with E-state index in [1.54, 1.807) is 0 Å². The topological polar surface area (TPSA) is 126 Å². The molecule has 4 rings (SSSR count). The minimum atomic E-state index is -1.53. The van der Waals surface area contributed by atoms with Crippen LogP contribution in [0.25, 0.3) is 5.57 Å². The van der Waals surface area contributed by atoms with E-state index in [0.29, 0.717) is 5.57 Å². The van der Waals surface area contributed by atoms with E-state index in [0.717, 1.165) is 17.0 Å². The first-order valence-corrected chi connectivity index (χ1v) is 10.1. The van der Waals surface area contributed by atoms with E-state index in [-0.39, 0.29) is 49.8 Å². The summed E-state index contributed by atoms with van der Waals surface area (Å²) in [6, 6.07) is 3.59. The van der Waals surface area contributed by atoms with E-state index >= 15 is 0 Å². The average molecular weight is 465 g/mol. The Morgan fingerprint density at radius 2 is 2.09 bits per heavy atom. The number of cyclic esters (lactones) is 1. The highest BCUT2D eigenvalue weighted by atomic mass is 19.1. The zero-order valence-corrected chi connectivity index (χ0v) is 17.3. The number of aromatic nitrogens is 1. The SMILES string of the molecule is O=C(C(O)CO)N1CC=C(c2c(F)cc(N3C[C@H](COc4ccon4)OC3=O)cc2F)CC1. The summed E-state index contributed by atoms with van der Waals surface area (Å²) in [5.74, 6) is -2.15. The smallest absolute Gasteiger partial charge is 0.414 e. The molecule has 176 valence electrons. The molecule has 0 radical (unpaired) electrons. The van der Waals surface area contributed by atoms with Crippen molar-refractivity contribution in [2.45, 2.75) is 18.6 Å². The van der Waals surface area contributed by atoms with Gasteiger partial charge in [-0.05, 0) is 29.3 Å². The minimum Gasteiger partial charge on any atom is -0.471 e. The number of hydrogen-bond acceptors (Lipinski definition) is 8. The summed E-state index contributed by atoms with van der Waals surface area (Å²) in [4.78, 5) is 26.6. The Balaban J connectivity index is 1.45. The fraction of sp³-hybridized carbons (Fsp3) is 0.381. The van der Waals surface area contributed by atoms with Crippen molar-refractivity contribution in [1.29, 1.82) is 0 Å². The van der Waals surface area contributed by atoms with Crippen LogP contribution in [-0.2, 0) is 9.53 Å². The van der Waals surface area contributed by atoms with Gasteiger partial charge in [-0.15, -0.1) is 0 Å². The third-order valence-corrected chi connectivity index (χ3v) is 5.34. The van der Waals surface area contributed by atoms with Crippen molar-refractivity contribution in [3.8, 4) is 5.88 Å². The second kappa shape index (κ2) is 9.55. The third kappa shape index (κ3) is 4.81. The molecule has 1 fully saturated rings. The van der Waals surface area contributed by atoms with Gasteiger partial charge >= 0.3 is 6.09 Å². The molecule has 33 heavy (non-hydrogen) atoms. The summed E-state index contributed by atoms with van der Waals surface area (Å²) in [7, 11) is 0. The number of aliphatic hydroxyl groups excluding tert-OH is 2. The van der Waals surface area contributed by atoms with Crippen LogP contribution in [0.2, 0.25) is 0 Å². The van der Waals surface area contributed by atoms with Crippen molar-refractivity contribution in [2.75, 3.05) is 37.7 Å². The van der Waals surface area contributed by atoms with E-state index in [4.69, 9.17) is 14.6 Å². The fourth-order valence-electron chi connectivity index (χ4n) is 3.68. The average Bonchev–Trinajstić information content (AvgIpc) is 3.46. The molecule has 2 aliphatic heterocycles. The molecule has 2 aromatic rings. The summed E-state index contributed by atoms with van der Waals surface area (Å²) in [6.07, 6.45) is 0.0179. The van der Waals surface area contributed by atoms with Gasteiger partial charge in [-0.3, -0.25) is 9.69 Å². The number of hydrogen-bond donors (Lipinski definition) is 2. The predicted octanol–water partition coefficient (Wildman–Crippen LogP) is 1.33. The molecule has 1 unspecified atom stereocenters. The Hall–Kier alpha value is -3.51. The van der Waals surface area contributed by atoms with Gasteiger partial charge in [0.05, 0.1) is 18.8 Å². The molecule has 0 bridgehead atoms. The van der Waals surface area contributed by atoms with Crippen molar-refractivity contribution in [1.82, 2.24) is 10.1 Å². The molecule has 12 heteroatoms. The van der Waals surface area contributed by atoms with Gasteiger partial charge in [0, 0.05) is 24.7 Å². The van der Waals surface area contributed by atoms with Crippen LogP contribution in [0.3, 0.4) is 0 Å². The quantitative estimate of drug-likeness (QED) is 0.627. The number of benzene rings is 1. The van der Waals surface area contributed by atoms with Crippen LogP contribution in [0.1, 0.15) is 12.0 Å². The molecule has 1 saturated heterocycles. The highest BCUT2D eigenvalue weighted by Gasteiger charge is 2.34. The lowest BCUT2D eigenvalue weighted by molar-refractivity contribution is -0.141. The zero-order valence-electron chi connectivity index (χ0n) is 17.3. The summed E-state index contributed by atoms with van der Waals surface area (Å²) in [6.45, 7) is -0.513. The maximum atomic E-state index is 14.9. The number of ether oxygens (including phenoxy) is 2. The van der Waals surface area contributed by atoms with E-state index in [1.165, 1.54) is 23.3 Å². The number of amides is 2.